The van der Waals surface area contributed by atoms with Gasteiger partial charge in [-0.2, -0.15) is 0 Å². The van der Waals surface area contributed by atoms with Crippen LogP contribution in [-0.4, -0.2) is 43.3 Å². The maximum Gasteiger partial charge on any atom is 0.407 e. The molecule has 0 atom stereocenters. The fraction of sp³-hybridized carbons (Fsp3) is 0.640. The monoisotopic (exact) mass is 463 g/mol. The Morgan fingerprint density at radius 2 is 1.39 bits per heavy atom. The maximum atomic E-state index is 12.0. The van der Waals surface area contributed by atoms with Gasteiger partial charge in [0.25, 0.3) is 0 Å². The fourth-order valence-corrected chi connectivity index (χ4v) is 3.01. The van der Waals surface area contributed by atoms with Gasteiger partial charge in [-0.15, -0.1) is 0 Å². The molecular formula is C25H41N3O5. The van der Waals surface area contributed by atoms with Crippen LogP contribution < -0.4 is 16.0 Å². The van der Waals surface area contributed by atoms with E-state index in [1.807, 2.05) is 45.0 Å². The molecule has 0 fully saturated rings. The average Bonchev–Trinajstić information content (AvgIpc) is 2.75. The minimum Gasteiger partial charge on any atom is -0.444 e. The number of nitrogens with one attached hydrogen (secondary N) is 3. The topological polar surface area (TPSA) is 106 Å². The number of hydrogen-bond donors (Lipinski definition) is 3. The lowest BCUT2D eigenvalue weighted by molar-refractivity contribution is -0.131. The molecular weight excluding hydrogens is 422 g/mol. The van der Waals surface area contributed by atoms with Gasteiger partial charge >= 0.3 is 6.09 Å². The van der Waals surface area contributed by atoms with E-state index < -0.39 is 11.7 Å². The minimum atomic E-state index is -0.549. The summed E-state index contributed by atoms with van der Waals surface area (Å²) in [6.45, 7) is 8.60. The summed E-state index contributed by atoms with van der Waals surface area (Å²) in [4.78, 5) is 35.5. The van der Waals surface area contributed by atoms with Gasteiger partial charge in [0.15, 0.2) is 0 Å². The molecule has 1 aromatic rings. The second-order valence-electron chi connectivity index (χ2n) is 9.06. The van der Waals surface area contributed by atoms with Crippen molar-refractivity contribution in [1.29, 1.82) is 0 Å². The van der Waals surface area contributed by atoms with E-state index in [4.69, 9.17) is 9.47 Å². The van der Waals surface area contributed by atoms with Crippen LogP contribution in [0.4, 0.5) is 4.79 Å². The first-order valence-electron chi connectivity index (χ1n) is 11.9. The number of amides is 3. The van der Waals surface area contributed by atoms with Gasteiger partial charge in [-0.3, -0.25) is 9.59 Å². The van der Waals surface area contributed by atoms with Crippen LogP contribution in [0.2, 0.25) is 0 Å². The van der Waals surface area contributed by atoms with Crippen molar-refractivity contribution in [3.63, 3.8) is 0 Å². The van der Waals surface area contributed by atoms with E-state index in [0.717, 1.165) is 24.0 Å². The molecule has 1 aromatic carbocycles. The van der Waals surface area contributed by atoms with Crippen molar-refractivity contribution >= 4 is 17.9 Å². The van der Waals surface area contributed by atoms with Gasteiger partial charge < -0.3 is 25.4 Å². The molecule has 8 heteroatoms. The fourth-order valence-electron chi connectivity index (χ4n) is 3.01. The van der Waals surface area contributed by atoms with Crippen LogP contribution in [0.15, 0.2) is 24.3 Å². The van der Waals surface area contributed by atoms with Crippen molar-refractivity contribution in [2.45, 2.75) is 84.9 Å². The molecule has 8 nitrogen and oxygen atoms in total. The summed E-state index contributed by atoms with van der Waals surface area (Å²) in [5.41, 5.74) is 1.24. The van der Waals surface area contributed by atoms with Crippen LogP contribution in [0.5, 0.6) is 0 Å². The van der Waals surface area contributed by atoms with E-state index >= 15 is 0 Å². The lowest BCUT2D eigenvalue weighted by Crippen LogP contribution is -2.32. The van der Waals surface area contributed by atoms with Crippen molar-refractivity contribution in [1.82, 2.24) is 16.0 Å². The number of ether oxygens (including phenoxy) is 2. The highest BCUT2D eigenvalue weighted by Gasteiger charge is 2.15. The van der Waals surface area contributed by atoms with Crippen LogP contribution in [0.25, 0.3) is 0 Å². The van der Waals surface area contributed by atoms with Crippen LogP contribution in [0, 0.1) is 0 Å². The van der Waals surface area contributed by atoms with Gasteiger partial charge in [-0.25, -0.2) is 4.79 Å². The van der Waals surface area contributed by atoms with E-state index in [0.29, 0.717) is 19.6 Å². The lowest BCUT2D eigenvalue weighted by Gasteiger charge is -2.19. The van der Waals surface area contributed by atoms with Crippen molar-refractivity contribution < 1.29 is 23.9 Å². The predicted molar refractivity (Wildman–Crippen MR) is 129 cm³/mol. The lowest BCUT2D eigenvalue weighted by atomic mass is 10.1. The Morgan fingerprint density at radius 1 is 0.818 bits per heavy atom. The Kier molecular flexibility index (Phi) is 13.8. The summed E-state index contributed by atoms with van der Waals surface area (Å²) in [7, 11) is 0. The highest BCUT2D eigenvalue weighted by atomic mass is 16.6. The molecule has 0 aliphatic rings. The number of hydrogen-bond acceptors (Lipinski definition) is 5. The van der Waals surface area contributed by atoms with Gasteiger partial charge in [0.1, 0.15) is 18.8 Å². The van der Waals surface area contributed by atoms with E-state index in [-0.39, 0.29) is 25.0 Å². The molecule has 3 amide bonds. The van der Waals surface area contributed by atoms with E-state index in [1.54, 1.807) is 0 Å². The number of carbonyl (C=O) groups is 3. The summed E-state index contributed by atoms with van der Waals surface area (Å²) in [6, 6.07) is 7.52. The smallest absolute Gasteiger partial charge is 0.407 e. The molecule has 0 heterocycles. The molecule has 0 saturated carbocycles. The molecule has 0 aliphatic carbocycles. The molecule has 0 aromatic heterocycles. The summed E-state index contributed by atoms with van der Waals surface area (Å²) >= 11 is 0. The first kappa shape index (κ1) is 28.4. The Labute approximate surface area is 198 Å². The molecule has 33 heavy (non-hydrogen) atoms. The van der Waals surface area contributed by atoms with Crippen molar-refractivity contribution in [2.24, 2.45) is 0 Å². The van der Waals surface area contributed by atoms with Crippen LogP contribution in [0.3, 0.4) is 0 Å². The SMILES string of the molecule is CCCCCCCCNC(=O)COCC(=O)NCc1cccc(CNC(=O)OC(C)(C)C)c1. The molecule has 186 valence electrons. The van der Waals surface area contributed by atoms with Gasteiger partial charge in [0, 0.05) is 19.6 Å². The molecule has 0 unspecified atom stereocenters. The molecule has 0 aliphatic heterocycles. The normalized spacial score (nSPS) is 11.0. The molecule has 0 saturated heterocycles. The van der Waals surface area contributed by atoms with Gasteiger partial charge in [0.2, 0.25) is 11.8 Å². The number of benzene rings is 1. The van der Waals surface area contributed by atoms with E-state index in [9.17, 15) is 14.4 Å². The number of rotatable bonds is 15. The third-order valence-corrected chi connectivity index (χ3v) is 4.64. The second-order valence-corrected chi connectivity index (χ2v) is 9.06. The van der Waals surface area contributed by atoms with Crippen molar-refractivity contribution in [3.8, 4) is 0 Å². The Morgan fingerprint density at radius 3 is 2.03 bits per heavy atom. The highest BCUT2D eigenvalue weighted by Crippen LogP contribution is 2.08. The summed E-state index contributed by atoms with van der Waals surface area (Å²) < 4.78 is 10.4. The zero-order valence-corrected chi connectivity index (χ0v) is 20.6. The van der Waals surface area contributed by atoms with Gasteiger partial charge in [0.05, 0.1) is 0 Å². The first-order valence-corrected chi connectivity index (χ1v) is 11.9. The molecule has 1 rings (SSSR count). The average molecular weight is 464 g/mol. The van der Waals surface area contributed by atoms with Crippen LogP contribution in [-0.2, 0) is 32.2 Å². The Hall–Kier alpha value is -2.61. The molecule has 0 bridgehead atoms. The van der Waals surface area contributed by atoms with E-state index in [2.05, 4.69) is 22.9 Å². The Balaban J connectivity index is 2.18. The number of alkyl carbamates (subject to hydrolysis) is 1. The molecule has 0 radical (unpaired) electrons. The van der Waals surface area contributed by atoms with Crippen molar-refractivity contribution in [3.05, 3.63) is 35.4 Å². The summed E-state index contributed by atoms with van der Waals surface area (Å²) in [5, 5.41) is 8.28. The largest absolute Gasteiger partial charge is 0.444 e. The molecule has 0 spiro atoms. The zero-order valence-electron chi connectivity index (χ0n) is 20.6. The highest BCUT2D eigenvalue weighted by molar-refractivity contribution is 5.79. The Bertz CT molecular complexity index is 731. The van der Waals surface area contributed by atoms with Crippen LogP contribution >= 0.6 is 0 Å². The summed E-state index contributed by atoms with van der Waals surface area (Å²) in [6.07, 6.45) is 6.53. The predicted octanol–water partition coefficient (Wildman–Crippen LogP) is 3.82. The number of unbranched alkanes of at least 4 members (excludes halogenated alkanes) is 5. The van der Waals surface area contributed by atoms with Gasteiger partial charge in [-0.05, 0) is 38.3 Å². The zero-order chi connectivity index (χ0) is 24.5. The molecule has 3 N–H and O–H groups in total. The third kappa shape index (κ3) is 15.8. The second kappa shape index (κ2) is 16.1. The van der Waals surface area contributed by atoms with Gasteiger partial charge in [-0.1, -0.05) is 63.3 Å². The third-order valence-electron chi connectivity index (χ3n) is 4.64. The summed E-state index contributed by atoms with van der Waals surface area (Å²) in [5.74, 6) is -0.502. The quantitative estimate of drug-likeness (QED) is 0.343. The standard InChI is InChI=1S/C25H41N3O5/c1-5-6-7-8-9-10-14-26-22(29)18-32-19-23(30)27-16-20-12-11-13-21(15-20)17-28-24(31)33-25(2,3)4/h11-13,15H,5-10,14,16-19H2,1-4H3,(H,26,29)(H,27,30)(H,28,31). The van der Waals surface area contributed by atoms with Crippen LogP contribution in [0.1, 0.15) is 77.3 Å². The maximum absolute atomic E-state index is 12.0. The van der Waals surface area contributed by atoms with Crippen molar-refractivity contribution in [2.75, 3.05) is 19.8 Å². The van der Waals surface area contributed by atoms with E-state index in [1.165, 1.54) is 25.7 Å². The first-order chi connectivity index (χ1) is 15.7. The minimum absolute atomic E-state index is 0.130. The number of carbonyl (C=O) groups excluding carboxylic acids is 3.